The molecule has 64 valence electrons. The van der Waals surface area contributed by atoms with Gasteiger partial charge in [-0.15, -0.1) is 0 Å². The Labute approximate surface area is 77.0 Å². The Morgan fingerprint density at radius 1 is 1.92 bits per heavy atom. The van der Waals surface area contributed by atoms with Gasteiger partial charge in [0.25, 0.3) is 0 Å². The van der Waals surface area contributed by atoms with Gasteiger partial charge in [-0.2, -0.15) is 5.10 Å². The van der Waals surface area contributed by atoms with Crippen LogP contribution < -0.4 is 0 Å². The number of allylic oxidation sites excluding steroid dienone is 1. The molecule has 0 aliphatic rings. The molecule has 0 aliphatic carbocycles. The first-order valence-corrected chi connectivity index (χ1v) is 3.89. The highest BCUT2D eigenvalue weighted by atomic mass is 79.9. The van der Waals surface area contributed by atoms with E-state index < -0.39 is 4.92 Å². The molecule has 1 heterocycles. The van der Waals surface area contributed by atoms with Gasteiger partial charge in [0.2, 0.25) is 0 Å². The van der Waals surface area contributed by atoms with Gasteiger partial charge in [0, 0.05) is 4.48 Å². The van der Waals surface area contributed by atoms with Crippen LogP contribution in [0.2, 0.25) is 0 Å². The fourth-order valence-corrected chi connectivity index (χ4v) is 0.966. The topological polar surface area (TPSA) is 61.0 Å². The quantitative estimate of drug-likeness (QED) is 0.588. The lowest BCUT2D eigenvalue weighted by molar-refractivity contribution is -0.385. The molecule has 1 aromatic rings. The zero-order valence-electron chi connectivity index (χ0n) is 6.11. The van der Waals surface area contributed by atoms with Gasteiger partial charge in [0.1, 0.15) is 12.4 Å². The maximum absolute atomic E-state index is 10.2. The van der Waals surface area contributed by atoms with Gasteiger partial charge in [0.05, 0.1) is 11.5 Å². The third-order valence-corrected chi connectivity index (χ3v) is 1.41. The average Bonchev–Trinajstić information content (AvgIpc) is 2.34. The van der Waals surface area contributed by atoms with Crippen LogP contribution in [0.1, 0.15) is 0 Å². The van der Waals surface area contributed by atoms with Gasteiger partial charge in [-0.25, -0.2) is 0 Å². The molecule has 0 aromatic carbocycles. The number of halogens is 1. The third kappa shape index (κ3) is 2.16. The summed E-state index contributed by atoms with van der Waals surface area (Å²) in [5.74, 6) is 0. The molecule has 5 nitrogen and oxygen atoms in total. The molecule has 0 saturated heterocycles. The molecule has 0 amide bonds. The zero-order valence-corrected chi connectivity index (χ0v) is 7.69. The van der Waals surface area contributed by atoms with Crippen molar-refractivity contribution in [3.05, 3.63) is 33.6 Å². The van der Waals surface area contributed by atoms with Crippen molar-refractivity contribution in [3.63, 3.8) is 0 Å². The van der Waals surface area contributed by atoms with Crippen LogP contribution in [0, 0.1) is 10.1 Å². The summed E-state index contributed by atoms with van der Waals surface area (Å²) in [4.78, 5) is 9.73. The van der Waals surface area contributed by atoms with Crippen LogP contribution in [-0.2, 0) is 6.54 Å². The second-order valence-electron chi connectivity index (χ2n) is 2.17. The molecule has 0 unspecified atom stereocenters. The minimum absolute atomic E-state index is 0.0104. The monoisotopic (exact) mass is 231 g/mol. The predicted molar refractivity (Wildman–Crippen MR) is 46.9 cm³/mol. The van der Waals surface area contributed by atoms with E-state index in [1.54, 1.807) is 0 Å². The van der Waals surface area contributed by atoms with Crippen molar-refractivity contribution < 1.29 is 4.92 Å². The van der Waals surface area contributed by atoms with Crippen molar-refractivity contribution in [2.24, 2.45) is 0 Å². The van der Waals surface area contributed by atoms with Crippen LogP contribution in [-0.4, -0.2) is 14.7 Å². The molecule has 0 bridgehead atoms. The molecule has 12 heavy (non-hydrogen) atoms. The van der Waals surface area contributed by atoms with E-state index >= 15 is 0 Å². The molecule has 0 fully saturated rings. The molecule has 1 rings (SSSR count). The van der Waals surface area contributed by atoms with Gasteiger partial charge in [-0.1, -0.05) is 22.5 Å². The summed E-state index contributed by atoms with van der Waals surface area (Å²) in [5.41, 5.74) is -0.0104. The second-order valence-corrected chi connectivity index (χ2v) is 3.29. The van der Waals surface area contributed by atoms with E-state index in [2.05, 4.69) is 27.6 Å². The molecule has 0 atom stereocenters. The van der Waals surface area contributed by atoms with Crippen molar-refractivity contribution >= 4 is 21.6 Å². The van der Waals surface area contributed by atoms with Gasteiger partial charge < -0.3 is 0 Å². The van der Waals surface area contributed by atoms with Gasteiger partial charge >= 0.3 is 5.69 Å². The smallest absolute Gasteiger partial charge is 0.261 e. The number of rotatable bonds is 3. The summed E-state index contributed by atoms with van der Waals surface area (Å²) in [5, 5.41) is 14.0. The van der Waals surface area contributed by atoms with Crippen molar-refractivity contribution in [1.82, 2.24) is 9.78 Å². The number of nitro groups is 1. The van der Waals surface area contributed by atoms with E-state index in [0.29, 0.717) is 6.54 Å². The van der Waals surface area contributed by atoms with Crippen molar-refractivity contribution in [3.8, 4) is 0 Å². The van der Waals surface area contributed by atoms with Crippen molar-refractivity contribution in [1.29, 1.82) is 0 Å². The number of aromatic nitrogens is 2. The maximum atomic E-state index is 10.2. The first kappa shape index (κ1) is 8.92. The SMILES string of the molecule is C=C(Br)Cn1cc([N+](=O)[O-])cn1. The van der Waals surface area contributed by atoms with Crippen molar-refractivity contribution in [2.75, 3.05) is 0 Å². The largest absolute Gasteiger partial charge is 0.307 e. The Bertz CT molecular complexity index is 320. The summed E-state index contributed by atoms with van der Waals surface area (Å²) in [6.45, 7) is 4.03. The Morgan fingerprint density at radius 2 is 2.58 bits per heavy atom. The molecular formula is C6H6BrN3O2. The van der Waals surface area contributed by atoms with Gasteiger partial charge in [0.15, 0.2) is 0 Å². The summed E-state index contributed by atoms with van der Waals surface area (Å²) in [6.07, 6.45) is 2.56. The standard InChI is InChI=1S/C6H6BrN3O2/c1-5(7)3-9-4-6(2-8-9)10(11)12/h2,4H,1,3H2. The van der Waals surface area contributed by atoms with E-state index in [9.17, 15) is 10.1 Å². The summed E-state index contributed by atoms with van der Waals surface area (Å²) in [7, 11) is 0. The Morgan fingerprint density at radius 3 is 3.00 bits per heavy atom. The van der Waals surface area contributed by atoms with E-state index in [4.69, 9.17) is 0 Å². The molecule has 6 heteroatoms. The lowest BCUT2D eigenvalue weighted by Crippen LogP contribution is -1.96. The van der Waals surface area contributed by atoms with Gasteiger partial charge in [-0.3, -0.25) is 14.8 Å². The van der Waals surface area contributed by atoms with Crippen LogP contribution in [0.3, 0.4) is 0 Å². The lowest BCUT2D eigenvalue weighted by atomic mass is 10.6. The average molecular weight is 232 g/mol. The van der Waals surface area contributed by atoms with Crippen molar-refractivity contribution in [2.45, 2.75) is 6.54 Å². The van der Waals surface area contributed by atoms with Gasteiger partial charge in [-0.05, 0) is 0 Å². The summed E-state index contributed by atoms with van der Waals surface area (Å²) >= 11 is 3.13. The van der Waals surface area contributed by atoms with Crippen LogP contribution in [0.25, 0.3) is 0 Å². The fourth-order valence-electron chi connectivity index (χ4n) is 0.709. The van der Waals surface area contributed by atoms with E-state index in [1.807, 2.05) is 0 Å². The first-order chi connectivity index (χ1) is 5.59. The highest BCUT2D eigenvalue weighted by Crippen LogP contribution is 2.10. The van der Waals surface area contributed by atoms with Crippen LogP contribution in [0.15, 0.2) is 23.5 Å². The normalized spacial score (nSPS) is 9.75. The van der Waals surface area contributed by atoms with E-state index in [0.717, 1.165) is 4.48 Å². The maximum Gasteiger partial charge on any atom is 0.307 e. The minimum Gasteiger partial charge on any atom is -0.261 e. The lowest BCUT2D eigenvalue weighted by Gasteiger charge is -1.94. The molecule has 0 spiro atoms. The zero-order chi connectivity index (χ0) is 9.14. The molecular weight excluding hydrogens is 226 g/mol. The number of hydrogen-bond donors (Lipinski definition) is 0. The van der Waals surface area contributed by atoms with E-state index in [1.165, 1.54) is 17.1 Å². The van der Waals surface area contributed by atoms with Crippen LogP contribution >= 0.6 is 15.9 Å². The Hall–Kier alpha value is -1.17. The summed E-state index contributed by atoms with van der Waals surface area (Å²) in [6, 6.07) is 0. The van der Waals surface area contributed by atoms with Crippen LogP contribution in [0.5, 0.6) is 0 Å². The number of nitrogens with zero attached hydrogens (tertiary/aromatic N) is 3. The molecule has 0 saturated carbocycles. The van der Waals surface area contributed by atoms with E-state index in [-0.39, 0.29) is 5.69 Å². The second kappa shape index (κ2) is 3.48. The molecule has 0 N–H and O–H groups in total. The highest BCUT2D eigenvalue weighted by molar-refractivity contribution is 9.11. The highest BCUT2D eigenvalue weighted by Gasteiger charge is 2.07. The van der Waals surface area contributed by atoms with Crippen LogP contribution in [0.4, 0.5) is 5.69 Å². The first-order valence-electron chi connectivity index (χ1n) is 3.09. The Kier molecular flexibility index (Phi) is 2.59. The fraction of sp³-hybridized carbons (Fsp3) is 0.167. The molecule has 0 aliphatic heterocycles. The minimum atomic E-state index is -0.486. The third-order valence-electron chi connectivity index (χ3n) is 1.16. The summed E-state index contributed by atoms with van der Waals surface area (Å²) < 4.78 is 2.16. The molecule has 0 radical (unpaired) electrons. The predicted octanol–water partition coefficient (Wildman–Crippen LogP) is 1.70. The molecule has 1 aromatic heterocycles. The Balaban J connectivity index is 2.77. The number of hydrogen-bond acceptors (Lipinski definition) is 3.